The van der Waals surface area contributed by atoms with Gasteiger partial charge in [-0.3, -0.25) is 9.48 Å². The molecule has 136 valence electrons. The largest absolute Gasteiger partial charge is 0.387 e. The van der Waals surface area contributed by atoms with Crippen LogP contribution in [-0.2, 0) is 0 Å². The van der Waals surface area contributed by atoms with E-state index in [4.69, 9.17) is 0 Å². The first kappa shape index (κ1) is 19.1. The molecule has 2 rings (SSSR count). The molecule has 0 aliphatic carbocycles. The minimum absolute atomic E-state index is 0.148. The Kier molecular flexibility index (Phi) is 6.31. The highest BCUT2D eigenvalue weighted by Crippen LogP contribution is 2.18. The third kappa shape index (κ3) is 5.13. The lowest BCUT2D eigenvalue weighted by Gasteiger charge is -2.27. The second kappa shape index (κ2) is 8.25. The summed E-state index contributed by atoms with van der Waals surface area (Å²) in [6.07, 6.45) is 2.41. The quantitative estimate of drug-likeness (QED) is 0.835. The van der Waals surface area contributed by atoms with E-state index in [0.29, 0.717) is 17.7 Å². The van der Waals surface area contributed by atoms with Crippen LogP contribution in [0, 0.1) is 11.7 Å². The fourth-order valence-corrected chi connectivity index (χ4v) is 2.59. The van der Waals surface area contributed by atoms with Crippen molar-refractivity contribution in [1.82, 2.24) is 14.7 Å². The molecule has 1 N–H and O–H groups in total. The fourth-order valence-electron chi connectivity index (χ4n) is 2.59. The standard InChI is InChI=1S/C19H26FN3O2/c1-13(2)10-22(12-18(24)15-5-7-17(20)8-6-15)19(25)16-9-21-23(11-16)14(3)4/h5-9,11,13-14,18,24H,10,12H2,1-4H3. The van der Waals surface area contributed by atoms with Gasteiger partial charge in [0.15, 0.2) is 0 Å². The van der Waals surface area contributed by atoms with Crippen molar-refractivity contribution in [2.24, 2.45) is 5.92 Å². The number of nitrogens with zero attached hydrogens (tertiary/aromatic N) is 3. The van der Waals surface area contributed by atoms with Gasteiger partial charge < -0.3 is 10.0 Å². The fraction of sp³-hybridized carbons (Fsp3) is 0.474. The number of benzene rings is 1. The molecular weight excluding hydrogens is 321 g/mol. The highest BCUT2D eigenvalue weighted by Gasteiger charge is 2.22. The van der Waals surface area contributed by atoms with E-state index in [-0.39, 0.29) is 30.2 Å². The van der Waals surface area contributed by atoms with Gasteiger partial charge in [0.05, 0.1) is 24.4 Å². The summed E-state index contributed by atoms with van der Waals surface area (Å²) in [6.45, 7) is 8.68. The maximum absolute atomic E-state index is 13.0. The lowest BCUT2D eigenvalue weighted by molar-refractivity contribution is 0.0594. The molecule has 0 saturated carbocycles. The number of aromatic nitrogens is 2. The number of halogens is 1. The Morgan fingerprint density at radius 2 is 1.84 bits per heavy atom. The summed E-state index contributed by atoms with van der Waals surface area (Å²) in [6, 6.07) is 5.86. The Morgan fingerprint density at radius 3 is 2.36 bits per heavy atom. The molecule has 0 fully saturated rings. The van der Waals surface area contributed by atoms with Crippen molar-refractivity contribution in [2.45, 2.75) is 39.8 Å². The van der Waals surface area contributed by atoms with Crippen LogP contribution in [-0.4, -0.2) is 38.8 Å². The average molecular weight is 347 g/mol. The Bertz CT molecular complexity index is 695. The number of aliphatic hydroxyl groups is 1. The molecule has 0 radical (unpaired) electrons. The minimum atomic E-state index is -0.872. The smallest absolute Gasteiger partial charge is 0.257 e. The molecule has 1 aromatic heterocycles. The Hall–Kier alpha value is -2.21. The van der Waals surface area contributed by atoms with Crippen molar-refractivity contribution in [3.8, 4) is 0 Å². The summed E-state index contributed by atoms with van der Waals surface area (Å²) in [7, 11) is 0. The topological polar surface area (TPSA) is 58.4 Å². The molecule has 1 amide bonds. The molecule has 25 heavy (non-hydrogen) atoms. The van der Waals surface area contributed by atoms with Crippen LogP contribution in [0.25, 0.3) is 0 Å². The predicted octanol–water partition coefficient (Wildman–Crippen LogP) is 3.43. The van der Waals surface area contributed by atoms with E-state index in [0.717, 1.165) is 0 Å². The van der Waals surface area contributed by atoms with E-state index in [2.05, 4.69) is 5.10 Å². The van der Waals surface area contributed by atoms with Gasteiger partial charge in [0, 0.05) is 18.8 Å². The summed E-state index contributed by atoms with van der Waals surface area (Å²) < 4.78 is 14.8. The van der Waals surface area contributed by atoms with Crippen LogP contribution in [0.3, 0.4) is 0 Å². The highest BCUT2D eigenvalue weighted by atomic mass is 19.1. The number of amides is 1. The highest BCUT2D eigenvalue weighted by molar-refractivity contribution is 5.93. The third-order valence-electron chi connectivity index (χ3n) is 3.90. The summed E-state index contributed by atoms with van der Waals surface area (Å²) in [5.41, 5.74) is 1.08. The van der Waals surface area contributed by atoms with Gasteiger partial charge in [-0.15, -0.1) is 0 Å². The molecule has 6 heteroatoms. The molecule has 2 aromatic rings. The predicted molar refractivity (Wildman–Crippen MR) is 94.7 cm³/mol. The molecule has 1 heterocycles. The van der Waals surface area contributed by atoms with E-state index in [1.165, 1.54) is 24.3 Å². The summed E-state index contributed by atoms with van der Waals surface area (Å²) >= 11 is 0. The first-order chi connectivity index (χ1) is 11.8. The van der Waals surface area contributed by atoms with Gasteiger partial charge in [-0.05, 0) is 37.5 Å². The summed E-state index contributed by atoms with van der Waals surface area (Å²) in [4.78, 5) is 14.5. The second-order valence-corrected chi connectivity index (χ2v) is 6.97. The van der Waals surface area contributed by atoms with Crippen molar-refractivity contribution in [3.63, 3.8) is 0 Å². The van der Waals surface area contributed by atoms with E-state index >= 15 is 0 Å². The van der Waals surface area contributed by atoms with Gasteiger partial charge in [-0.1, -0.05) is 26.0 Å². The molecule has 0 bridgehead atoms. The molecule has 0 saturated heterocycles. The minimum Gasteiger partial charge on any atom is -0.387 e. The summed E-state index contributed by atoms with van der Waals surface area (Å²) in [5.74, 6) is -0.265. The molecular formula is C19H26FN3O2. The molecule has 0 spiro atoms. The molecule has 1 unspecified atom stereocenters. The summed E-state index contributed by atoms with van der Waals surface area (Å²) in [5, 5.41) is 14.7. The number of rotatable bonds is 7. The maximum atomic E-state index is 13.0. The van der Waals surface area contributed by atoms with Gasteiger partial charge in [0.2, 0.25) is 0 Å². The lowest BCUT2D eigenvalue weighted by atomic mass is 10.1. The van der Waals surface area contributed by atoms with Gasteiger partial charge in [-0.2, -0.15) is 5.10 Å². The van der Waals surface area contributed by atoms with Gasteiger partial charge in [0.1, 0.15) is 5.82 Å². The Morgan fingerprint density at radius 1 is 1.20 bits per heavy atom. The van der Waals surface area contributed by atoms with E-state index in [1.807, 2.05) is 27.7 Å². The zero-order chi connectivity index (χ0) is 18.6. The molecule has 0 aliphatic heterocycles. The van der Waals surface area contributed by atoms with Crippen molar-refractivity contribution in [2.75, 3.05) is 13.1 Å². The zero-order valence-electron chi connectivity index (χ0n) is 15.2. The SMILES string of the molecule is CC(C)CN(CC(O)c1ccc(F)cc1)C(=O)c1cnn(C(C)C)c1. The zero-order valence-corrected chi connectivity index (χ0v) is 15.2. The van der Waals surface area contributed by atoms with Crippen LogP contribution in [0.1, 0.15) is 55.8 Å². The van der Waals surface area contributed by atoms with Crippen LogP contribution < -0.4 is 0 Å². The first-order valence-electron chi connectivity index (χ1n) is 8.55. The van der Waals surface area contributed by atoms with Crippen LogP contribution in [0.15, 0.2) is 36.7 Å². The van der Waals surface area contributed by atoms with Crippen LogP contribution >= 0.6 is 0 Å². The van der Waals surface area contributed by atoms with Gasteiger partial charge in [-0.25, -0.2) is 4.39 Å². The molecule has 1 aromatic carbocycles. The third-order valence-corrected chi connectivity index (χ3v) is 3.90. The van der Waals surface area contributed by atoms with Gasteiger partial charge >= 0.3 is 0 Å². The number of carbonyl (C=O) groups excluding carboxylic acids is 1. The Balaban J connectivity index is 2.16. The average Bonchev–Trinajstić information content (AvgIpc) is 3.04. The Labute approximate surface area is 148 Å². The molecule has 0 aliphatic rings. The number of aliphatic hydroxyl groups excluding tert-OH is 1. The van der Waals surface area contributed by atoms with Crippen molar-refractivity contribution >= 4 is 5.91 Å². The monoisotopic (exact) mass is 347 g/mol. The molecule has 5 nitrogen and oxygen atoms in total. The second-order valence-electron chi connectivity index (χ2n) is 6.97. The van der Waals surface area contributed by atoms with Crippen molar-refractivity contribution < 1.29 is 14.3 Å². The van der Waals surface area contributed by atoms with Crippen LogP contribution in [0.4, 0.5) is 4.39 Å². The molecule has 1 atom stereocenters. The van der Waals surface area contributed by atoms with Gasteiger partial charge in [0.25, 0.3) is 5.91 Å². The number of carbonyl (C=O) groups is 1. The van der Waals surface area contributed by atoms with Crippen molar-refractivity contribution in [3.05, 3.63) is 53.6 Å². The van der Waals surface area contributed by atoms with Crippen LogP contribution in [0.2, 0.25) is 0 Å². The number of hydrogen-bond donors (Lipinski definition) is 1. The van der Waals surface area contributed by atoms with Crippen molar-refractivity contribution in [1.29, 1.82) is 0 Å². The normalized spacial score (nSPS) is 12.6. The van der Waals surface area contributed by atoms with E-state index < -0.39 is 6.10 Å². The van der Waals surface area contributed by atoms with E-state index in [1.54, 1.807) is 22.0 Å². The number of hydrogen-bond acceptors (Lipinski definition) is 3. The lowest BCUT2D eigenvalue weighted by Crippen LogP contribution is -2.37. The maximum Gasteiger partial charge on any atom is 0.257 e. The first-order valence-corrected chi connectivity index (χ1v) is 8.55. The van der Waals surface area contributed by atoms with E-state index in [9.17, 15) is 14.3 Å². The van der Waals surface area contributed by atoms with Crippen LogP contribution in [0.5, 0.6) is 0 Å².